The zero-order valence-electron chi connectivity index (χ0n) is 15.7. The Morgan fingerprint density at radius 2 is 2.08 bits per heavy atom. The lowest BCUT2D eigenvalue weighted by Gasteiger charge is -2.29. The third kappa shape index (κ3) is 4.63. The van der Waals surface area contributed by atoms with Crippen LogP contribution in [0.2, 0.25) is 0 Å². The topological polar surface area (TPSA) is 93.3 Å². The van der Waals surface area contributed by atoms with Crippen LogP contribution in [0.15, 0.2) is 12.4 Å². The van der Waals surface area contributed by atoms with E-state index in [0.29, 0.717) is 19.0 Å². The van der Waals surface area contributed by atoms with Crippen molar-refractivity contribution in [3.8, 4) is 0 Å². The maximum Gasteiger partial charge on any atom is 0.237 e. The fourth-order valence-electron chi connectivity index (χ4n) is 4.42. The van der Waals surface area contributed by atoms with Gasteiger partial charge in [-0.25, -0.2) is 0 Å². The van der Waals surface area contributed by atoms with Gasteiger partial charge < -0.3 is 16.0 Å². The summed E-state index contributed by atoms with van der Waals surface area (Å²) in [5.41, 5.74) is 6.50. The predicted octanol–water partition coefficient (Wildman–Crippen LogP) is 1.01. The molecule has 0 spiro atoms. The highest BCUT2D eigenvalue weighted by molar-refractivity contribution is 5.86. The molecular weight excluding hydrogens is 330 g/mol. The minimum Gasteiger partial charge on any atom is -0.368 e. The molecule has 1 saturated heterocycles. The summed E-state index contributed by atoms with van der Waals surface area (Å²) in [5, 5.41) is 7.56. The van der Waals surface area contributed by atoms with Gasteiger partial charge in [-0.15, -0.1) is 0 Å². The predicted molar refractivity (Wildman–Crippen MR) is 99.3 cm³/mol. The summed E-state index contributed by atoms with van der Waals surface area (Å²) in [4.78, 5) is 26.4. The summed E-state index contributed by atoms with van der Waals surface area (Å²) in [7, 11) is 1.88. The van der Waals surface area contributed by atoms with Crippen LogP contribution >= 0.6 is 0 Å². The van der Waals surface area contributed by atoms with Crippen molar-refractivity contribution in [2.24, 2.45) is 24.6 Å². The molecular formula is C19H31N5O2. The van der Waals surface area contributed by atoms with Gasteiger partial charge in [-0.1, -0.05) is 32.1 Å². The van der Waals surface area contributed by atoms with E-state index in [1.54, 1.807) is 9.58 Å². The van der Waals surface area contributed by atoms with Gasteiger partial charge in [0.05, 0.1) is 18.7 Å². The molecule has 2 aliphatic rings. The average Bonchev–Trinajstić information content (AvgIpc) is 3.27. The van der Waals surface area contributed by atoms with E-state index in [-0.39, 0.29) is 24.3 Å². The molecule has 0 radical (unpaired) electrons. The summed E-state index contributed by atoms with van der Waals surface area (Å²) in [6, 6.07) is 0. The van der Waals surface area contributed by atoms with Crippen LogP contribution in [0.1, 0.15) is 50.0 Å². The summed E-state index contributed by atoms with van der Waals surface area (Å²) < 4.78 is 1.76. The molecule has 1 saturated carbocycles. The quantitative estimate of drug-likeness (QED) is 0.758. The van der Waals surface area contributed by atoms with E-state index in [4.69, 9.17) is 5.73 Å². The number of hydrogen-bond donors (Lipinski definition) is 2. The Bertz CT molecular complexity index is 623. The number of nitrogens with one attached hydrogen (secondary N) is 1. The molecule has 1 aliphatic carbocycles. The minimum absolute atomic E-state index is 0.0157. The molecule has 1 aromatic heterocycles. The Morgan fingerprint density at radius 1 is 1.31 bits per heavy atom. The molecule has 0 aromatic carbocycles. The van der Waals surface area contributed by atoms with Crippen molar-refractivity contribution in [1.82, 2.24) is 20.0 Å². The second kappa shape index (κ2) is 8.66. The fourth-order valence-corrected chi connectivity index (χ4v) is 4.42. The first-order valence-corrected chi connectivity index (χ1v) is 9.81. The zero-order valence-corrected chi connectivity index (χ0v) is 15.7. The van der Waals surface area contributed by atoms with Crippen molar-refractivity contribution in [3.05, 3.63) is 18.0 Å². The van der Waals surface area contributed by atoms with Gasteiger partial charge in [0.2, 0.25) is 11.8 Å². The molecule has 3 rings (SSSR count). The zero-order chi connectivity index (χ0) is 18.5. The summed E-state index contributed by atoms with van der Waals surface area (Å²) >= 11 is 0. The minimum atomic E-state index is -0.439. The van der Waals surface area contributed by atoms with Gasteiger partial charge in [0.15, 0.2) is 0 Å². The molecule has 1 aromatic rings. The number of carbonyl (C=O) groups excluding carboxylic acids is 2. The molecule has 26 heavy (non-hydrogen) atoms. The van der Waals surface area contributed by atoms with Crippen LogP contribution in [0.3, 0.4) is 0 Å². The van der Waals surface area contributed by atoms with Crippen molar-refractivity contribution in [3.63, 3.8) is 0 Å². The summed E-state index contributed by atoms with van der Waals surface area (Å²) in [6.45, 7) is 2.04. The van der Waals surface area contributed by atoms with Gasteiger partial charge in [-0.05, 0) is 17.9 Å². The number of hydrogen-bond acceptors (Lipinski definition) is 4. The molecule has 7 nitrogen and oxygen atoms in total. The van der Waals surface area contributed by atoms with Crippen LogP contribution in [0, 0.1) is 11.8 Å². The van der Waals surface area contributed by atoms with Crippen molar-refractivity contribution >= 4 is 11.8 Å². The van der Waals surface area contributed by atoms with E-state index >= 15 is 0 Å². The maximum absolute atomic E-state index is 13.2. The number of aromatic nitrogens is 2. The average molecular weight is 361 g/mol. The second-order valence-corrected chi connectivity index (χ2v) is 7.84. The van der Waals surface area contributed by atoms with Gasteiger partial charge in [-0.2, -0.15) is 5.10 Å². The molecule has 2 atom stereocenters. The van der Waals surface area contributed by atoms with Gasteiger partial charge in [0.25, 0.3) is 0 Å². The third-order valence-electron chi connectivity index (χ3n) is 5.87. The van der Waals surface area contributed by atoms with E-state index in [1.807, 2.05) is 19.4 Å². The monoisotopic (exact) mass is 361 g/mol. The lowest BCUT2D eigenvalue weighted by Crippen LogP contribution is -2.44. The lowest BCUT2D eigenvalue weighted by molar-refractivity contribution is -0.138. The number of primary amides is 1. The van der Waals surface area contributed by atoms with E-state index in [2.05, 4.69) is 10.4 Å². The molecule has 1 aliphatic heterocycles. The number of carbonyl (C=O) groups is 2. The standard InChI is InChI=1S/C19H31N5O2/c1-23-12-15(9-22-23)16-10-21-11-17(16)19(26)24(13-18(20)25)8-7-14-5-3-2-4-6-14/h9,12,14,16-17,21H,2-8,10-11,13H2,1H3,(H2,20,25)/t16-,17+/m1/s1. The first kappa shape index (κ1) is 18.9. The van der Waals surface area contributed by atoms with Crippen LogP contribution in [0.25, 0.3) is 0 Å². The highest BCUT2D eigenvalue weighted by Gasteiger charge is 2.37. The fraction of sp³-hybridized carbons (Fsp3) is 0.737. The van der Waals surface area contributed by atoms with E-state index in [0.717, 1.165) is 18.5 Å². The third-order valence-corrected chi connectivity index (χ3v) is 5.87. The highest BCUT2D eigenvalue weighted by atomic mass is 16.2. The number of nitrogens with two attached hydrogens (primary N) is 1. The normalized spacial score (nSPS) is 23.9. The molecule has 2 amide bonds. The van der Waals surface area contributed by atoms with E-state index in [9.17, 15) is 9.59 Å². The van der Waals surface area contributed by atoms with E-state index in [1.165, 1.54) is 32.1 Å². The number of aryl methyl sites for hydroxylation is 1. The van der Waals surface area contributed by atoms with Crippen LogP contribution in [0.4, 0.5) is 0 Å². The Morgan fingerprint density at radius 3 is 2.73 bits per heavy atom. The van der Waals surface area contributed by atoms with Gasteiger partial charge in [-0.3, -0.25) is 14.3 Å². The first-order valence-electron chi connectivity index (χ1n) is 9.81. The molecule has 7 heteroatoms. The van der Waals surface area contributed by atoms with Crippen LogP contribution in [0.5, 0.6) is 0 Å². The Kier molecular flexibility index (Phi) is 6.29. The second-order valence-electron chi connectivity index (χ2n) is 7.84. The number of nitrogens with zero attached hydrogens (tertiary/aromatic N) is 3. The van der Waals surface area contributed by atoms with Crippen molar-refractivity contribution in [1.29, 1.82) is 0 Å². The molecule has 0 unspecified atom stereocenters. The molecule has 3 N–H and O–H groups in total. The molecule has 144 valence electrons. The van der Waals surface area contributed by atoms with Crippen molar-refractivity contribution in [2.75, 3.05) is 26.2 Å². The van der Waals surface area contributed by atoms with Crippen molar-refractivity contribution in [2.45, 2.75) is 44.4 Å². The Labute approximate surface area is 155 Å². The Hall–Kier alpha value is -1.89. The molecule has 2 fully saturated rings. The Balaban J connectivity index is 1.66. The molecule has 0 bridgehead atoms. The largest absolute Gasteiger partial charge is 0.368 e. The van der Waals surface area contributed by atoms with Gasteiger partial charge >= 0.3 is 0 Å². The van der Waals surface area contributed by atoms with Gasteiger partial charge in [0, 0.05) is 38.8 Å². The van der Waals surface area contributed by atoms with Crippen LogP contribution in [-0.4, -0.2) is 52.7 Å². The van der Waals surface area contributed by atoms with E-state index < -0.39 is 5.91 Å². The van der Waals surface area contributed by atoms with Gasteiger partial charge in [0.1, 0.15) is 0 Å². The lowest BCUT2D eigenvalue weighted by atomic mass is 9.86. The van der Waals surface area contributed by atoms with Crippen LogP contribution < -0.4 is 11.1 Å². The maximum atomic E-state index is 13.2. The number of amides is 2. The van der Waals surface area contributed by atoms with Crippen LogP contribution in [-0.2, 0) is 16.6 Å². The summed E-state index contributed by atoms with van der Waals surface area (Å²) in [6.07, 6.45) is 11.1. The van der Waals surface area contributed by atoms with Crippen molar-refractivity contribution < 1.29 is 9.59 Å². The number of rotatable bonds is 7. The first-order chi connectivity index (χ1) is 12.5. The summed E-state index contributed by atoms with van der Waals surface area (Å²) in [5.74, 6) is 0.207. The smallest absolute Gasteiger partial charge is 0.237 e. The molecule has 2 heterocycles. The highest BCUT2D eigenvalue weighted by Crippen LogP contribution is 2.30. The SMILES string of the molecule is Cn1cc([C@H]2CNC[C@@H]2C(=O)N(CCC2CCCCC2)CC(N)=O)cn1.